The van der Waals surface area contributed by atoms with Crippen LogP contribution in [-0.2, 0) is 16.6 Å². The summed E-state index contributed by atoms with van der Waals surface area (Å²) in [7, 11) is 1.19. The van der Waals surface area contributed by atoms with Crippen molar-refractivity contribution in [3.05, 3.63) is 29.3 Å². The highest BCUT2D eigenvalue weighted by Gasteiger charge is 2.36. The quantitative estimate of drug-likeness (QED) is 0.838. The van der Waals surface area contributed by atoms with Crippen molar-refractivity contribution in [3.63, 3.8) is 0 Å². The molecule has 0 radical (unpaired) electrons. The molecule has 1 aromatic carbocycles. The van der Waals surface area contributed by atoms with Crippen molar-refractivity contribution < 1.29 is 22.7 Å². The van der Waals surface area contributed by atoms with Gasteiger partial charge in [-0.05, 0) is 31.5 Å². The fraction of sp³-hybridized carbons (Fsp3) is 0.455. The number of ether oxygens (including phenoxy) is 1. The van der Waals surface area contributed by atoms with E-state index in [2.05, 4.69) is 9.57 Å². The van der Waals surface area contributed by atoms with Crippen LogP contribution < -0.4 is 10.6 Å². The molecule has 2 N–H and O–H groups in total. The van der Waals surface area contributed by atoms with Gasteiger partial charge in [-0.2, -0.15) is 13.2 Å². The molecule has 0 amide bonds. The molecule has 0 fully saturated rings. The lowest BCUT2D eigenvalue weighted by Crippen LogP contribution is -2.26. The Morgan fingerprint density at radius 1 is 1.18 bits per heavy atom. The Morgan fingerprint density at radius 3 is 2.18 bits per heavy atom. The van der Waals surface area contributed by atoms with Crippen LogP contribution in [0, 0.1) is 0 Å². The molecule has 0 aliphatic rings. The average molecular weight is 249 g/mol. The van der Waals surface area contributed by atoms with Gasteiger partial charge in [-0.15, -0.1) is 0 Å². The molecule has 0 spiro atoms. The molecule has 3 nitrogen and oxygen atoms in total. The average Bonchev–Trinajstić information content (AvgIpc) is 2.27. The zero-order valence-corrected chi connectivity index (χ0v) is 9.76. The second kappa shape index (κ2) is 4.54. The van der Waals surface area contributed by atoms with E-state index in [4.69, 9.17) is 5.90 Å². The Balaban J connectivity index is 3.33. The van der Waals surface area contributed by atoms with Gasteiger partial charge in [0.05, 0.1) is 12.7 Å². The molecule has 96 valence electrons. The van der Waals surface area contributed by atoms with Gasteiger partial charge >= 0.3 is 6.18 Å². The van der Waals surface area contributed by atoms with E-state index >= 15 is 0 Å². The monoisotopic (exact) mass is 249 g/mol. The highest BCUT2D eigenvalue weighted by Crippen LogP contribution is 2.38. The summed E-state index contributed by atoms with van der Waals surface area (Å²) < 4.78 is 42.9. The number of hydrogen-bond acceptors (Lipinski definition) is 3. The third-order valence-electron chi connectivity index (χ3n) is 2.49. The first-order valence-electron chi connectivity index (χ1n) is 4.86. The zero-order valence-electron chi connectivity index (χ0n) is 9.76. The second-order valence-electron chi connectivity index (χ2n) is 4.04. The first kappa shape index (κ1) is 13.8. The Morgan fingerprint density at radius 2 is 1.76 bits per heavy atom. The van der Waals surface area contributed by atoms with Crippen LogP contribution >= 0.6 is 0 Å². The molecule has 0 unspecified atom stereocenters. The largest absolute Gasteiger partial charge is 0.496 e. The molecule has 0 aliphatic carbocycles. The van der Waals surface area contributed by atoms with Crippen molar-refractivity contribution in [1.29, 1.82) is 0 Å². The predicted molar refractivity (Wildman–Crippen MR) is 56.3 cm³/mol. The van der Waals surface area contributed by atoms with Gasteiger partial charge in [0.25, 0.3) is 0 Å². The minimum atomic E-state index is -4.48. The van der Waals surface area contributed by atoms with Gasteiger partial charge < -0.3 is 4.74 Å². The van der Waals surface area contributed by atoms with E-state index in [1.54, 1.807) is 13.8 Å². The molecule has 0 aromatic heterocycles. The maximum Gasteiger partial charge on any atom is 0.419 e. The van der Waals surface area contributed by atoms with Crippen molar-refractivity contribution >= 4 is 0 Å². The molecule has 17 heavy (non-hydrogen) atoms. The summed E-state index contributed by atoms with van der Waals surface area (Å²) in [5.41, 5.74) is -1.51. The molecule has 0 saturated carbocycles. The van der Waals surface area contributed by atoms with Crippen LogP contribution in [0.1, 0.15) is 25.0 Å². The molecule has 0 atom stereocenters. The van der Waals surface area contributed by atoms with E-state index in [1.165, 1.54) is 19.2 Å². The van der Waals surface area contributed by atoms with E-state index in [-0.39, 0.29) is 5.75 Å². The van der Waals surface area contributed by atoms with E-state index in [0.717, 1.165) is 6.07 Å². The molecule has 0 saturated heterocycles. The summed E-state index contributed by atoms with van der Waals surface area (Å²) in [6.45, 7) is 3.16. The van der Waals surface area contributed by atoms with Crippen molar-refractivity contribution in [2.45, 2.75) is 25.6 Å². The van der Waals surface area contributed by atoms with Crippen LogP contribution in [0.5, 0.6) is 5.75 Å². The molecular weight excluding hydrogens is 235 g/mol. The van der Waals surface area contributed by atoms with Crippen LogP contribution in [0.3, 0.4) is 0 Å². The number of benzene rings is 1. The topological polar surface area (TPSA) is 44.5 Å². The summed E-state index contributed by atoms with van der Waals surface area (Å²) >= 11 is 0. The molecular formula is C11H14F3NO2. The standard InChI is InChI=1S/C11H14F3NO2/c1-10(2,17-15)7-4-5-9(16-3)8(6-7)11(12,13)14/h4-6H,15H2,1-3H3. The summed E-state index contributed by atoms with van der Waals surface area (Å²) in [6.07, 6.45) is -4.48. The number of methoxy groups -OCH3 is 1. The summed E-state index contributed by atoms with van der Waals surface area (Å²) in [5.74, 6) is 4.83. The molecule has 0 aliphatic heterocycles. The van der Waals surface area contributed by atoms with Gasteiger partial charge in [0.1, 0.15) is 11.4 Å². The number of rotatable bonds is 3. The molecule has 0 heterocycles. The van der Waals surface area contributed by atoms with E-state index in [9.17, 15) is 13.2 Å². The maximum absolute atomic E-state index is 12.8. The Hall–Kier alpha value is -1.27. The summed E-state index contributed by atoms with van der Waals surface area (Å²) in [6, 6.07) is 3.71. The number of hydrogen-bond donors (Lipinski definition) is 1. The number of alkyl halides is 3. The fourth-order valence-corrected chi connectivity index (χ4v) is 1.37. The van der Waals surface area contributed by atoms with Crippen molar-refractivity contribution in [3.8, 4) is 5.75 Å². The Kier molecular flexibility index (Phi) is 3.68. The molecule has 1 rings (SSSR count). The minimum Gasteiger partial charge on any atom is -0.496 e. The van der Waals surface area contributed by atoms with Gasteiger partial charge in [0.2, 0.25) is 0 Å². The lowest BCUT2D eigenvalue weighted by atomic mass is 9.96. The van der Waals surface area contributed by atoms with Crippen molar-refractivity contribution in [2.75, 3.05) is 7.11 Å². The van der Waals surface area contributed by atoms with Gasteiger partial charge in [0, 0.05) is 0 Å². The van der Waals surface area contributed by atoms with E-state index < -0.39 is 17.3 Å². The van der Waals surface area contributed by atoms with Crippen LogP contribution in [0.15, 0.2) is 18.2 Å². The van der Waals surface area contributed by atoms with Gasteiger partial charge in [-0.3, -0.25) is 4.84 Å². The first-order chi connectivity index (χ1) is 7.72. The first-order valence-corrected chi connectivity index (χ1v) is 4.86. The van der Waals surface area contributed by atoms with E-state index in [1.807, 2.05) is 0 Å². The summed E-state index contributed by atoms with van der Waals surface area (Å²) in [4.78, 5) is 4.66. The van der Waals surface area contributed by atoms with Crippen LogP contribution in [0.25, 0.3) is 0 Å². The SMILES string of the molecule is COc1ccc(C(C)(C)ON)cc1C(F)(F)F. The summed E-state index contributed by atoms with van der Waals surface area (Å²) in [5, 5.41) is 0. The molecule has 1 aromatic rings. The number of nitrogens with two attached hydrogens (primary N) is 1. The van der Waals surface area contributed by atoms with Crippen LogP contribution in [0.2, 0.25) is 0 Å². The molecule has 0 bridgehead atoms. The zero-order chi connectivity index (χ0) is 13.3. The second-order valence-corrected chi connectivity index (χ2v) is 4.04. The highest BCUT2D eigenvalue weighted by molar-refractivity contribution is 5.41. The van der Waals surface area contributed by atoms with Crippen LogP contribution in [-0.4, -0.2) is 7.11 Å². The van der Waals surface area contributed by atoms with Crippen molar-refractivity contribution in [1.82, 2.24) is 0 Å². The number of halogens is 3. The van der Waals surface area contributed by atoms with Crippen LogP contribution in [0.4, 0.5) is 13.2 Å². The lowest BCUT2D eigenvalue weighted by Gasteiger charge is -2.24. The van der Waals surface area contributed by atoms with Gasteiger partial charge in [0.15, 0.2) is 0 Å². The van der Waals surface area contributed by atoms with Gasteiger partial charge in [-0.25, -0.2) is 5.90 Å². The fourth-order valence-electron chi connectivity index (χ4n) is 1.37. The van der Waals surface area contributed by atoms with Gasteiger partial charge in [-0.1, -0.05) is 6.07 Å². The normalized spacial score (nSPS) is 12.6. The van der Waals surface area contributed by atoms with Crippen molar-refractivity contribution in [2.24, 2.45) is 5.90 Å². The minimum absolute atomic E-state index is 0.228. The lowest BCUT2D eigenvalue weighted by molar-refractivity contribution is -0.139. The third-order valence-corrected chi connectivity index (χ3v) is 2.49. The van der Waals surface area contributed by atoms with E-state index in [0.29, 0.717) is 5.56 Å². The predicted octanol–water partition coefficient (Wildman–Crippen LogP) is 2.84. The Labute approximate surface area is 97.3 Å². The third kappa shape index (κ3) is 2.89. The smallest absolute Gasteiger partial charge is 0.419 e. The molecule has 6 heteroatoms. The maximum atomic E-state index is 12.8. The Bertz CT molecular complexity index is 402. The highest BCUT2D eigenvalue weighted by atomic mass is 19.4.